The summed E-state index contributed by atoms with van der Waals surface area (Å²) in [7, 11) is 0. The summed E-state index contributed by atoms with van der Waals surface area (Å²) in [6.45, 7) is 25.9. The van der Waals surface area contributed by atoms with E-state index >= 15 is 0 Å². The first-order chi connectivity index (χ1) is 14.2. The van der Waals surface area contributed by atoms with E-state index in [2.05, 4.69) is 123 Å². The Morgan fingerprint density at radius 1 is 0.531 bits per heavy atom. The third kappa shape index (κ3) is 5.53. The Hall–Kier alpha value is -1.48. The van der Waals surface area contributed by atoms with Crippen LogP contribution >= 0.6 is 15.9 Å². The second-order valence-electron chi connectivity index (χ2n) is 13.3. The Kier molecular flexibility index (Phi) is 7.01. The molecule has 0 saturated heterocycles. The first-order valence-corrected chi connectivity index (χ1v) is 12.5. The molecule has 2 N–H and O–H groups in total. The van der Waals surface area contributed by atoms with E-state index in [4.69, 9.17) is 0 Å². The molecule has 3 heteroatoms. The lowest BCUT2D eigenvalue weighted by molar-refractivity contribution is 0.433. The number of alkyl halides is 1. The average Bonchev–Trinajstić information content (AvgIpc) is 2.57. The lowest BCUT2D eigenvalue weighted by atomic mass is 9.76. The monoisotopic (exact) mass is 502 g/mol. The maximum Gasteiger partial charge on any atom is 0.123 e. The summed E-state index contributed by atoms with van der Waals surface area (Å²) < 4.78 is 0. The minimum atomic E-state index is -0.339. The highest BCUT2D eigenvalue weighted by Crippen LogP contribution is 2.48. The summed E-state index contributed by atoms with van der Waals surface area (Å²) in [5, 5.41) is 22.8. The van der Waals surface area contributed by atoms with Crippen molar-refractivity contribution in [2.45, 2.75) is 110 Å². The third-order valence-corrected chi connectivity index (χ3v) is 7.16. The molecule has 32 heavy (non-hydrogen) atoms. The minimum absolute atomic E-state index is 0.0684. The molecule has 0 fully saturated rings. The molecule has 0 aromatic heterocycles. The number of hydrogen-bond acceptors (Lipinski definition) is 2. The van der Waals surface area contributed by atoms with Crippen molar-refractivity contribution < 1.29 is 10.2 Å². The van der Waals surface area contributed by atoms with Crippen molar-refractivity contribution in [3.05, 3.63) is 57.6 Å². The van der Waals surface area contributed by atoms with Gasteiger partial charge in [-0.15, -0.1) is 0 Å². The smallest absolute Gasteiger partial charge is 0.123 e. The van der Waals surface area contributed by atoms with Crippen molar-refractivity contribution in [1.29, 1.82) is 0 Å². The Bertz CT molecular complexity index is 909. The van der Waals surface area contributed by atoms with Crippen LogP contribution in [0.1, 0.15) is 121 Å². The molecule has 0 radical (unpaired) electrons. The summed E-state index contributed by atoms with van der Waals surface area (Å²) in [5.74, 6) is 0.593. The number of aromatic hydroxyl groups is 2. The van der Waals surface area contributed by atoms with Crippen LogP contribution in [0.25, 0.3) is 0 Å². The van der Waals surface area contributed by atoms with Gasteiger partial charge in [-0.05, 0) is 43.9 Å². The molecule has 0 aliphatic rings. The van der Waals surface area contributed by atoms with Gasteiger partial charge in [-0.1, -0.05) is 123 Å². The van der Waals surface area contributed by atoms with E-state index in [1.165, 1.54) is 11.1 Å². The molecule has 0 spiro atoms. The lowest BCUT2D eigenvalue weighted by Crippen LogP contribution is -2.19. The van der Waals surface area contributed by atoms with E-state index in [-0.39, 0.29) is 26.5 Å². The zero-order chi connectivity index (χ0) is 25.0. The van der Waals surface area contributed by atoms with E-state index in [9.17, 15) is 10.2 Å². The molecule has 0 bridgehead atoms. The lowest BCUT2D eigenvalue weighted by Gasteiger charge is -2.31. The topological polar surface area (TPSA) is 40.5 Å². The van der Waals surface area contributed by atoms with Gasteiger partial charge in [0.15, 0.2) is 0 Å². The molecule has 0 aliphatic carbocycles. The van der Waals surface area contributed by atoms with Crippen molar-refractivity contribution >= 4 is 15.9 Å². The molecule has 0 aliphatic heterocycles. The van der Waals surface area contributed by atoms with Gasteiger partial charge in [0.05, 0.1) is 4.83 Å². The van der Waals surface area contributed by atoms with Crippen molar-refractivity contribution in [2.24, 2.45) is 0 Å². The van der Waals surface area contributed by atoms with Crippen molar-refractivity contribution in [3.8, 4) is 11.5 Å². The van der Waals surface area contributed by atoms with E-state index in [1.807, 2.05) is 0 Å². The summed E-state index contributed by atoms with van der Waals surface area (Å²) >= 11 is 3.88. The standard InChI is InChI=1S/C29H43BrO2/c1-26(2,3)17-13-19(24(31)21(15-17)28(7,8)9)23(30)20-14-18(27(4,5)6)16-22(25(20)32)29(10,11)12/h13-16,23,31-32H,1-12H3. The van der Waals surface area contributed by atoms with Crippen molar-refractivity contribution in [1.82, 2.24) is 0 Å². The van der Waals surface area contributed by atoms with Gasteiger partial charge in [0.25, 0.3) is 0 Å². The molecule has 0 amide bonds. The van der Waals surface area contributed by atoms with Crippen LogP contribution in [-0.2, 0) is 21.7 Å². The Morgan fingerprint density at radius 3 is 1.03 bits per heavy atom. The highest BCUT2D eigenvalue weighted by atomic mass is 79.9. The maximum absolute atomic E-state index is 11.4. The molecule has 0 heterocycles. The van der Waals surface area contributed by atoms with Gasteiger partial charge in [-0.2, -0.15) is 0 Å². The number of phenolic OH excluding ortho intramolecular Hbond substituents is 2. The molecule has 0 atom stereocenters. The normalized spacial score (nSPS) is 13.7. The second kappa shape index (κ2) is 8.38. The predicted molar refractivity (Wildman–Crippen MR) is 142 cm³/mol. The van der Waals surface area contributed by atoms with Crippen LogP contribution in [0.2, 0.25) is 0 Å². The van der Waals surface area contributed by atoms with Crippen molar-refractivity contribution in [3.63, 3.8) is 0 Å². The van der Waals surface area contributed by atoms with Crippen LogP contribution in [0, 0.1) is 0 Å². The highest BCUT2D eigenvalue weighted by molar-refractivity contribution is 9.09. The third-order valence-electron chi connectivity index (χ3n) is 6.17. The minimum Gasteiger partial charge on any atom is -0.507 e. The first kappa shape index (κ1) is 26.8. The van der Waals surface area contributed by atoms with Crippen LogP contribution in [0.3, 0.4) is 0 Å². The van der Waals surface area contributed by atoms with Crippen LogP contribution in [-0.4, -0.2) is 10.2 Å². The Morgan fingerprint density at radius 2 is 0.812 bits per heavy atom. The first-order valence-electron chi connectivity index (χ1n) is 11.6. The molecular weight excluding hydrogens is 460 g/mol. The van der Waals surface area contributed by atoms with Gasteiger partial charge in [0.1, 0.15) is 11.5 Å². The molecule has 2 rings (SSSR count). The van der Waals surface area contributed by atoms with Gasteiger partial charge in [0, 0.05) is 11.1 Å². The van der Waals surface area contributed by atoms with E-state index in [0.717, 1.165) is 22.3 Å². The largest absolute Gasteiger partial charge is 0.507 e. The highest BCUT2D eigenvalue weighted by Gasteiger charge is 2.31. The molecule has 0 saturated carbocycles. The van der Waals surface area contributed by atoms with E-state index in [1.54, 1.807) is 0 Å². The number of phenols is 2. The maximum atomic E-state index is 11.4. The predicted octanol–water partition coefficient (Wildman–Crippen LogP) is 8.77. The summed E-state index contributed by atoms with van der Waals surface area (Å²) in [5.41, 5.74) is 5.22. The molecule has 2 aromatic carbocycles. The molecule has 2 nitrogen and oxygen atoms in total. The number of rotatable bonds is 2. The SMILES string of the molecule is CC(C)(C)c1cc(C(Br)c2cc(C(C)(C)C)cc(C(C)(C)C)c2O)c(O)c(C(C)(C)C)c1. The van der Waals surface area contributed by atoms with Crippen LogP contribution in [0.15, 0.2) is 24.3 Å². The van der Waals surface area contributed by atoms with Gasteiger partial charge >= 0.3 is 0 Å². The molecule has 178 valence electrons. The van der Waals surface area contributed by atoms with Gasteiger partial charge in [-0.25, -0.2) is 0 Å². The van der Waals surface area contributed by atoms with Crippen LogP contribution in [0.5, 0.6) is 11.5 Å². The zero-order valence-electron chi connectivity index (χ0n) is 22.2. The van der Waals surface area contributed by atoms with Gasteiger partial charge in [0.2, 0.25) is 0 Å². The fourth-order valence-electron chi connectivity index (χ4n) is 3.88. The number of hydrogen-bond donors (Lipinski definition) is 2. The quantitative estimate of drug-likeness (QED) is 0.402. The summed E-state index contributed by atoms with van der Waals surface area (Å²) in [4.78, 5) is -0.339. The van der Waals surface area contributed by atoms with E-state index in [0.29, 0.717) is 11.5 Å². The molecule has 2 aromatic rings. The second-order valence-corrected chi connectivity index (χ2v) is 14.2. The Balaban J connectivity index is 2.89. The fraction of sp³-hybridized carbons (Fsp3) is 0.586. The summed E-state index contributed by atoms with van der Waals surface area (Å²) in [6, 6.07) is 8.43. The van der Waals surface area contributed by atoms with Crippen molar-refractivity contribution in [2.75, 3.05) is 0 Å². The van der Waals surface area contributed by atoms with Crippen LogP contribution < -0.4 is 0 Å². The molecule has 0 unspecified atom stereocenters. The summed E-state index contributed by atoms with van der Waals surface area (Å²) in [6.07, 6.45) is 0. The fourth-order valence-corrected chi connectivity index (χ4v) is 4.58. The van der Waals surface area contributed by atoms with E-state index < -0.39 is 0 Å². The number of halogens is 1. The Labute approximate surface area is 204 Å². The van der Waals surface area contributed by atoms with Gasteiger partial charge < -0.3 is 10.2 Å². The molecular formula is C29H43BrO2. The zero-order valence-corrected chi connectivity index (χ0v) is 23.7. The van der Waals surface area contributed by atoms with Gasteiger partial charge in [-0.3, -0.25) is 0 Å². The number of benzene rings is 2. The van der Waals surface area contributed by atoms with Crippen LogP contribution in [0.4, 0.5) is 0 Å². The average molecular weight is 504 g/mol.